The van der Waals surface area contributed by atoms with Gasteiger partial charge in [-0.15, -0.1) is 0 Å². The highest BCUT2D eigenvalue weighted by Gasteiger charge is 2.21. The molecule has 2 rings (SSSR count). The molecule has 2 aliphatic rings. The van der Waals surface area contributed by atoms with Crippen molar-refractivity contribution >= 4 is 6.03 Å². The van der Waals surface area contributed by atoms with Gasteiger partial charge in [0.15, 0.2) is 0 Å². The van der Waals surface area contributed by atoms with Crippen molar-refractivity contribution in [1.82, 2.24) is 10.6 Å². The second kappa shape index (κ2) is 7.73. The first-order valence-electron chi connectivity index (χ1n) is 7.99. The van der Waals surface area contributed by atoms with Gasteiger partial charge in [0.1, 0.15) is 0 Å². The van der Waals surface area contributed by atoms with E-state index in [9.17, 15) is 9.90 Å². The standard InChI is InChI=1S/C15H28N2O2/c18-14-10-8-13(9-11-14)17-15(19)16-12-6-4-2-1-3-5-7-12/h12-14,18H,1-11H2,(H2,16,17,19). The molecule has 0 unspecified atom stereocenters. The van der Waals surface area contributed by atoms with Crippen LogP contribution < -0.4 is 10.6 Å². The molecule has 0 atom stereocenters. The molecule has 0 aromatic carbocycles. The minimum Gasteiger partial charge on any atom is -0.393 e. The van der Waals surface area contributed by atoms with Crippen LogP contribution in [0.3, 0.4) is 0 Å². The molecular weight excluding hydrogens is 240 g/mol. The number of nitrogens with one attached hydrogen (secondary N) is 2. The van der Waals surface area contributed by atoms with Gasteiger partial charge >= 0.3 is 6.03 Å². The summed E-state index contributed by atoms with van der Waals surface area (Å²) in [6, 6.07) is 0.596. The van der Waals surface area contributed by atoms with E-state index in [1.54, 1.807) is 0 Å². The number of hydrogen-bond donors (Lipinski definition) is 3. The van der Waals surface area contributed by atoms with E-state index in [2.05, 4.69) is 10.6 Å². The minimum absolute atomic E-state index is 0.00744. The average Bonchev–Trinajstić information content (AvgIpc) is 2.35. The van der Waals surface area contributed by atoms with Gasteiger partial charge in [0, 0.05) is 12.1 Å². The average molecular weight is 268 g/mol. The smallest absolute Gasteiger partial charge is 0.315 e. The Kier molecular flexibility index (Phi) is 5.95. The molecule has 0 saturated heterocycles. The monoisotopic (exact) mass is 268 g/mol. The number of urea groups is 1. The van der Waals surface area contributed by atoms with Gasteiger partial charge in [0.05, 0.1) is 6.10 Å². The van der Waals surface area contributed by atoms with Crippen LogP contribution in [0.5, 0.6) is 0 Å². The summed E-state index contributed by atoms with van der Waals surface area (Å²) in [7, 11) is 0. The van der Waals surface area contributed by atoms with Gasteiger partial charge in [-0.3, -0.25) is 0 Å². The Morgan fingerprint density at radius 1 is 0.737 bits per heavy atom. The maximum atomic E-state index is 12.0. The Balaban J connectivity index is 1.67. The fraction of sp³-hybridized carbons (Fsp3) is 0.933. The first-order chi connectivity index (χ1) is 9.24. The van der Waals surface area contributed by atoms with Crippen molar-refractivity contribution in [3.8, 4) is 0 Å². The summed E-state index contributed by atoms with van der Waals surface area (Å²) in [5.41, 5.74) is 0. The van der Waals surface area contributed by atoms with Gasteiger partial charge < -0.3 is 15.7 Å². The molecule has 4 nitrogen and oxygen atoms in total. The van der Waals surface area contributed by atoms with Gasteiger partial charge in [0.25, 0.3) is 0 Å². The number of carbonyl (C=O) groups is 1. The quantitative estimate of drug-likeness (QED) is 0.721. The molecule has 19 heavy (non-hydrogen) atoms. The fourth-order valence-corrected chi connectivity index (χ4v) is 3.23. The molecule has 2 fully saturated rings. The van der Waals surface area contributed by atoms with Crippen LogP contribution in [0.2, 0.25) is 0 Å². The third-order valence-corrected chi connectivity index (χ3v) is 4.47. The molecule has 0 radical (unpaired) electrons. The first kappa shape index (κ1) is 14.6. The second-order valence-corrected chi connectivity index (χ2v) is 6.17. The van der Waals surface area contributed by atoms with Crippen molar-refractivity contribution < 1.29 is 9.90 Å². The summed E-state index contributed by atoms with van der Waals surface area (Å²) in [6.07, 6.45) is 12.0. The highest BCUT2D eigenvalue weighted by molar-refractivity contribution is 5.74. The number of carbonyl (C=O) groups excluding carboxylic acids is 1. The first-order valence-corrected chi connectivity index (χ1v) is 7.99. The number of aliphatic hydroxyl groups excluding tert-OH is 1. The molecule has 0 aromatic rings. The molecular formula is C15H28N2O2. The van der Waals surface area contributed by atoms with Crippen molar-refractivity contribution in [2.24, 2.45) is 0 Å². The molecule has 2 saturated carbocycles. The van der Waals surface area contributed by atoms with Gasteiger partial charge in [-0.05, 0) is 38.5 Å². The summed E-state index contributed by atoms with van der Waals surface area (Å²) in [5, 5.41) is 15.6. The van der Waals surface area contributed by atoms with Crippen molar-refractivity contribution in [2.75, 3.05) is 0 Å². The van der Waals surface area contributed by atoms with Crippen LogP contribution in [0.1, 0.15) is 70.6 Å². The lowest BCUT2D eigenvalue weighted by molar-refractivity contribution is 0.117. The zero-order valence-electron chi connectivity index (χ0n) is 11.9. The van der Waals surface area contributed by atoms with Crippen LogP contribution in [0, 0.1) is 0 Å². The summed E-state index contributed by atoms with van der Waals surface area (Å²) in [6.45, 7) is 0. The van der Waals surface area contributed by atoms with Gasteiger partial charge in [0.2, 0.25) is 0 Å². The van der Waals surface area contributed by atoms with Gasteiger partial charge in [-0.1, -0.05) is 32.1 Å². The van der Waals surface area contributed by atoms with Crippen LogP contribution in [0.4, 0.5) is 4.79 Å². The number of hydrogen-bond acceptors (Lipinski definition) is 2. The highest BCUT2D eigenvalue weighted by atomic mass is 16.3. The van der Waals surface area contributed by atoms with Crippen LogP contribution in [0.25, 0.3) is 0 Å². The second-order valence-electron chi connectivity index (χ2n) is 6.17. The Bertz CT molecular complexity index is 267. The van der Waals surface area contributed by atoms with E-state index in [1.807, 2.05) is 0 Å². The lowest BCUT2D eigenvalue weighted by Crippen LogP contribution is -2.47. The Hall–Kier alpha value is -0.770. The third-order valence-electron chi connectivity index (χ3n) is 4.47. The van der Waals surface area contributed by atoms with Gasteiger partial charge in [-0.25, -0.2) is 4.79 Å². The predicted octanol–water partition coefficient (Wildman–Crippen LogP) is 2.70. The van der Waals surface area contributed by atoms with Crippen LogP contribution >= 0.6 is 0 Å². The number of amides is 2. The fourth-order valence-electron chi connectivity index (χ4n) is 3.23. The Morgan fingerprint density at radius 2 is 1.21 bits per heavy atom. The summed E-state index contributed by atoms with van der Waals surface area (Å²) >= 11 is 0. The van der Waals surface area contributed by atoms with Gasteiger partial charge in [-0.2, -0.15) is 0 Å². The summed E-state index contributed by atoms with van der Waals surface area (Å²) in [4.78, 5) is 12.0. The van der Waals surface area contributed by atoms with E-state index in [0.29, 0.717) is 6.04 Å². The minimum atomic E-state index is -0.160. The molecule has 3 N–H and O–H groups in total. The summed E-state index contributed by atoms with van der Waals surface area (Å²) in [5.74, 6) is 0. The van der Waals surface area contributed by atoms with Crippen molar-refractivity contribution in [3.05, 3.63) is 0 Å². The largest absolute Gasteiger partial charge is 0.393 e. The third kappa shape index (κ3) is 5.39. The van der Waals surface area contributed by atoms with E-state index in [1.165, 1.54) is 32.1 Å². The molecule has 2 aliphatic carbocycles. The molecule has 0 aromatic heterocycles. The predicted molar refractivity (Wildman–Crippen MR) is 76.0 cm³/mol. The van der Waals surface area contributed by atoms with E-state index >= 15 is 0 Å². The molecule has 0 heterocycles. The highest BCUT2D eigenvalue weighted by Crippen LogP contribution is 2.19. The topological polar surface area (TPSA) is 61.4 Å². The molecule has 2 amide bonds. The molecule has 0 bridgehead atoms. The van der Waals surface area contributed by atoms with E-state index < -0.39 is 0 Å². The van der Waals surface area contributed by atoms with Crippen LogP contribution in [-0.4, -0.2) is 29.3 Å². The Labute approximate surface area is 116 Å². The molecule has 0 aliphatic heterocycles. The van der Waals surface area contributed by atoms with Crippen LogP contribution in [-0.2, 0) is 0 Å². The lowest BCUT2D eigenvalue weighted by Gasteiger charge is -2.28. The molecule has 4 heteroatoms. The SMILES string of the molecule is O=C(NC1CCCCCCC1)NC1CCC(O)CC1. The van der Waals surface area contributed by atoms with E-state index in [0.717, 1.165) is 38.5 Å². The van der Waals surface area contributed by atoms with Crippen molar-refractivity contribution in [1.29, 1.82) is 0 Å². The normalized spacial score (nSPS) is 30.2. The maximum absolute atomic E-state index is 12.0. The van der Waals surface area contributed by atoms with E-state index in [-0.39, 0.29) is 18.2 Å². The van der Waals surface area contributed by atoms with E-state index in [4.69, 9.17) is 0 Å². The van der Waals surface area contributed by atoms with Crippen LogP contribution in [0.15, 0.2) is 0 Å². The summed E-state index contributed by atoms with van der Waals surface area (Å²) < 4.78 is 0. The molecule has 110 valence electrons. The zero-order chi connectivity index (χ0) is 13.5. The molecule has 0 spiro atoms. The number of rotatable bonds is 2. The number of aliphatic hydroxyl groups is 1. The van der Waals surface area contributed by atoms with Crippen molar-refractivity contribution in [3.63, 3.8) is 0 Å². The lowest BCUT2D eigenvalue weighted by atomic mass is 9.93. The maximum Gasteiger partial charge on any atom is 0.315 e. The Morgan fingerprint density at radius 3 is 1.79 bits per heavy atom. The van der Waals surface area contributed by atoms with Crippen molar-refractivity contribution in [2.45, 2.75) is 88.8 Å². The zero-order valence-corrected chi connectivity index (χ0v) is 11.9.